The van der Waals surface area contributed by atoms with Gasteiger partial charge in [0, 0.05) is 31.8 Å². The van der Waals surface area contributed by atoms with Gasteiger partial charge in [0.2, 0.25) is 11.8 Å². The van der Waals surface area contributed by atoms with Crippen LogP contribution in [0.1, 0.15) is 54.8 Å². The van der Waals surface area contributed by atoms with Crippen molar-refractivity contribution in [3.8, 4) is 5.75 Å². The fourth-order valence-electron chi connectivity index (χ4n) is 4.46. The lowest BCUT2D eigenvalue weighted by molar-refractivity contribution is -0.132. The van der Waals surface area contributed by atoms with Crippen molar-refractivity contribution in [3.63, 3.8) is 0 Å². The number of aromatic amines is 1. The van der Waals surface area contributed by atoms with Gasteiger partial charge in [-0.05, 0) is 50.5 Å². The summed E-state index contributed by atoms with van der Waals surface area (Å²) in [7, 11) is 0. The highest BCUT2D eigenvalue weighted by Crippen LogP contribution is 2.28. The Kier molecular flexibility index (Phi) is 7.06. The molecule has 0 bridgehead atoms. The predicted octanol–water partition coefficient (Wildman–Crippen LogP) is 3.92. The van der Waals surface area contributed by atoms with Gasteiger partial charge in [0.05, 0.1) is 10.9 Å². The molecule has 1 saturated heterocycles. The van der Waals surface area contributed by atoms with Crippen LogP contribution in [0.15, 0.2) is 57.7 Å². The Bertz CT molecular complexity index is 1390. The summed E-state index contributed by atoms with van der Waals surface area (Å²) < 4.78 is 11.6. The maximum Gasteiger partial charge on any atom is 0.258 e. The largest absolute Gasteiger partial charge is 0.484 e. The number of amides is 1. The number of nitrogens with zero attached hydrogens (tertiary/aromatic N) is 4. The zero-order chi connectivity index (χ0) is 24.9. The summed E-state index contributed by atoms with van der Waals surface area (Å²) in [4.78, 5) is 34.2. The molecule has 1 amide bonds. The lowest BCUT2D eigenvalue weighted by Gasteiger charge is -2.30. The van der Waals surface area contributed by atoms with Crippen molar-refractivity contribution in [2.24, 2.45) is 0 Å². The standard InChI is InChI=1S/C27H29N5O4/c1-18-9-11-20(12-10-18)35-17-24-30-31-27(36-24)19-13-15-32(16-14-19)25(33)8-4-7-23-28-22-6-3-2-5-21(22)26(34)29-23/h2-3,5-6,9-12,19H,4,7-8,13-17H2,1H3,(H,28,29,34). The van der Waals surface area contributed by atoms with E-state index in [9.17, 15) is 9.59 Å². The molecule has 2 aromatic carbocycles. The van der Waals surface area contributed by atoms with E-state index in [1.54, 1.807) is 6.07 Å². The number of benzene rings is 2. The van der Waals surface area contributed by atoms with Gasteiger partial charge in [-0.2, -0.15) is 0 Å². The molecule has 3 heterocycles. The van der Waals surface area contributed by atoms with E-state index in [4.69, 9.17) is 9.15 Å². The molecule has 186 valence electrons. The van der Waals surface area contributed by atoms with Crippen LogP contribution in [0.2, 0.25) is 0 Å². The van der Waals surface area contributed by atoms with E-state index in [0.29, 0.717) is 60.9 Å². The smallest absolute Gasteiger partial charge is 0.258 e. The third kappa shape index (κ3) is 5.62. The number of carbonyl (C=O) groups is 1. The lowest BCUT2D eigenvalue weighted by atomic mass is 9.96. The van der Waals surface area contributed by atoms with Crippen molar-refractivity contribution >= 4 is 16.8 Å². The first-order chi connectivity index (χ1) is 17.5. The molecule has 1 aliphatic heterocycles. The number of likely N-dealkylation sites (tertiary alicyclic amines) is 1. The summed E-state index contributed by atoms with van der Waals surface area (Å²) in [6.45, 7) is 3.57. The van der Waals surface area contributed by atoms with Crippen LogP contribution in [-0.4, -0.2) is 44.1 Å². The Morgan fingerprint density at radius 3 is 2.69 bits per heavy atom. The summed E-state index contributed by atoms with van der Waals surface area (Å²) in [5.74, 6) is 2.69. The van der Waals surface area contributed by atoms with Gasteiger partial charge in [0.1, 0.15) is 11.6 Å². The number of carbonyl (C=O) groups excluding carboxylic acids is 1. The Balaban J connectivity index is 1.07. The molecule has 9 heteroatoms. The number of rotatable bonds is 8. The van der Waals surface area contributed by atoms with Gasteiger partial charge in [-0.25, -0.2) is 4.98 Å². The zero-order valence-electron chi connectivity index (χ0n) is 20.3. The number of hydrogen-bond donors (Lipinski definition) is 1. The van der Waals surface area contributed by atoms with Crippen molar-refractivity contribution in [2.45, 2.75) is 51.6 Å². The van der Waals surface area contributed by atoms with Crippen LogP contribution in [0.3, 0.4) is 0 Å². The molecule has 1 N–H and O–H groups in total. The third-order valence-electron chi connectivity index (χ3n) is 6.53. The highest BCUT2D eigenvalue weighted by molar-refractivity contribution is 5.77. The van der Waals surface area contributed by atoms with E-state index in [-0.39, 0.29) is 24.0 Å². The molecule has 1 aliphatic rings. The minimum atomic E-state index is -0.144. The van der Waals surface area contributed by atoms with Gasteiger partial charge in [-0.3, -0.25) is 9.59 Å². The van der Waals surface area contributed by atoms with Crippen LogP contribution in [0.5, 0.6) is 5.75 Å². The molecule has 36 heavy (non-hydrogen) atoms. The number of fused-ring (bicyclic) bond motifs is 1. The minimum absolute atomic E-state index is 0.120. The number of ether oxygens (including phenoxy) is 1. The third-order valence-corrected chi connectivity index (χ3v) is 6.53. The Hall–Kier alpha value is -4.01. The van der Waals surface area contributed by atoms with Gasteiger partial charge in [0.25, 0.3) is 11.4 Å². The van der Waals surface area contributed by atoms with Crippen LogP contribution in [0, 0.1) is 6.92 Å². The molecule has 2 aromatic heterocycles. The Labute approximate surface area is 208 Å². The summed E-state index contributed by atoms with van der Waals surface area (Å²) in [5, 5.41) is 8.91. The van der Waals surface area contributed by atoms with Crippen LogP contribution >= 0.6 is 0 Å². The number of para-hydroxylation sites is 1. The number of aromatic nitrogens is 4. The van der Waals surface area contributed by atoms with E-state index in [2.05, 4.69) is 20.2 Å². The Morgan fingerprint density at radius 1 is 1.11 bits per heavy atom. The van der Waals surface area contributed by atoms with Crippen LogP contribution < -0.4 is 10.3 Å². The number of H-pyrrole nitrogens is 1. The van der Waals surface area contributed by atoms with Crippen molar-refractivity contribution in [1.82, 2.24) is 25.1 Å². The minimum Gasteiger partial charge on any atom is -0.484 e. The van der Waals surface area contributed by atoms with Crippen molar-refractivity contribution in [1.29, 1.82) is 0 Å². The fraction of sp³-hybridized carbons (Fsp3) is 0.370. The zero-order valence-corrected chi connectivity index (χ0v) is 20.3. The second-order valence-corrected chi connectivity index (χ2v) is 9.17. The van der Waals surface area contributed by atoms with Gasteiger partial charge in [-0.1, -0.05) is 29.8 Å². The molecule has 1 fully saturated rings. The van der Waals surface area contributed by atoms with Crippen molar-refractivity contribution < 1.29 is 13.9 Å². The first-order valence-electron chi connectivity index (χ1n) is 12.3. The lowest BCUT2D eigenvalue weighted by Crippen LogP contribution is -2.37. The predicted molar refractivity (Wildman–Crippen MR) is 134 cm³/mol. The quantitative estimate of drug-likeness (QED) is 0.401. The molecule has 0 radical (unpaired) electrons. The van der Waals surface area contributed by atoms with E-state index >= 15 is 0 Å². The highest BCUT2D eigenvalue weighted by Gasteiger charge is 2.27. The van der Waals surface area contributed by atoms with Crippen LogP contribution in [0.25, 0.3) is 10.9 Å². The SMILES string of the molecule is Cc1ccc(OCc2nnc(C3CCN(C(=O)CCCc4nc5ccccc5c(=O)[nH]4)CC3)o2)cc1. The number of hydrogen-bond acceptors (Lipinski definition) is 7. The maximum absolute atomic E-state index is 12.7. The molecule has 0 aliphatic carbocycles. The average Bonchev–Trinajstić information content (AvgIpc) is 3.38. The van der Waals surface area contributed by atoms with Crippen LogP contribution in [0.4, 0.5) is 0 Å². The first kappa shape index (κ1) is 23.7. The molecular weight excluding hydrogens is 458 g/mol. The Morgan fingerprint density at radius 2 is 1.89 bits per heavy atom. The molecular formula is C27H29N5O4. The number of piperidine rings is 1. The van der Waals surface area contributed by atoms with Gasteiger partial charge in [-0.15, -0.1) is 10.2 Å². The summed E-state index contributed by atoms with van der Waals surface area (Å²) in [5.41, 5.74) is 1.70. The molecule has 4 aromatic rings. The van der Waals surface area contributed by atoms with E-state index in [1.165, 1.54) is 5.56 Å². The van der Waals surface area contributed by atoms with E-state index in [0.717, 1.165) is 18.6 Å². The topological polar surface area (TPSA) is 114 Å². The molecule has 5 rings (SSSR count). The summed E-state index contributed by atoms with van der Waals surface area (Å²) >= 11 is 0. The second-order valence-electron chi connectivity index (χ2n) is 9.17. The van der Waals surface area contributed by atoms with Crippen molar-refractivity contribution in [3.05, 3.63) is 82.1 Å². The average molecular weight is 488 g/mol. The van der Waals surface area contributed by atoms with Crippen LogP contribution in [-0.2, 0) is 17.8 Å². The molecule has 9 nitrogen and oxygen atoms in total. The molecule has 0 unspecified atom stereocenters. The number of aryl methyl sites for hydroxylation is 2. The normalized spacial score (nSPS) is 14.3. The van der Waals surface area contributed by atoms with Crippen molar-refractivity contribution in [2.75, 3.05) is 13.1 Å². The van der Waals surface area contributed by atoms with Gasteiger partial charge in [0.15, 0.2) is 6.61 Å². The summed E-state index contributed by atoms with van der Waals surface area (Å²) in [6.07, 6.45) is 3.17. The second kappa shape index (κ2) is 10.7. The van der Waals surface area contributed by atoms with Gasteiger partial charge < -0.3 is 19.0 Å². The van der Waals surface area contributed by atoms with Gasteiger partial charge >= 0.3 is 0 Å². The molecule has 0 spiro atoms. The first-order valence-corrected chi connectivity index (χ1v) is 12.3. The maximum atomic E-state index is 12.7. The van der Waals surface area contributed by atoms with E-state index < -0.39 is 0 Å². The number of nitrogens with one attached hydrogen (secondary N) is 1. The fourth-order valence-corrected chi connectivity index (χ4v) is 4.46. The van der Waals surface area contributed by atoms with E-state index in [1.807, 2.05) is 54.3 Å². The highest BCUT2D eigenvalue weighted by atomic mass is 16.5. The molecule has 0 atom stereocenters. The molecule has 0 saturated carbocycles. The monoisotopic (exact) mass is 487 g/mol. The summed E-state index contributed by atoms with van der Waals surface area (Å²) in [6, 6.07) is 15.1.